The Morgan fingerprint density at radius 2 is 1.71 bits per heavy atom. The molecule has 0 saturated carbocycles. The summed E-state index contributed by atoms with van der Waals surface area (Å²) in [5.41, 5.74) is 2.92. The van der Waals surface area contributed by atoms with Gasteiger partial charge in [-0.25, -0.2) is 4.68 Å². The fourth-order valence-electron chi connectivity index (χ4n) is 3.51. The quantitative estimate of drug-likeness (QED) is 0.683. The molecule has 7 heteroatoms. The third-order valence-electron chi connectivity index (χ3n) is 5.03. The minimum Gasteiger partial charge on any atom is -0.390 e. The van der Waals surface area contributed by atoms with Gasteiger partial charge in [-0.2, -0.15) is 10.1 Å². The van der Waals surface area contributed by atoms with Crippen molar-refractivity contribution in [3.8, 4) is 0 Å². The summed E-state index contributed by atoms with van der Waals surface area (Å²) in [6, 6.07) is 8.41. The monoisotopic (exact) mass is 383 g/mol. The molecule has 0 fully saturated rings. The predicted octanol–water partition coefficient (Wildman–Crippen LogP) is 3.05. The van der Waals surface area contributed by atoms with Gasteiger partial charge in [0.15, 0.2) is 5.65 Å². The van der Waals surface area contributed by atoms with E-state index in [0.29, 0.717) is 28.6 Å². The number of aliphatic hydroxyl groups is 1. The van der Waals surface area contributed by atoms with Crippen LogP contribution in [0.4, 0.5) is 5.95 Å². The lowest BCUT2D eigenvalue weighted by atomic mass is 9.93. The Labute approximate surface area is 165 Å². The van der Waals surface area contributed by atoms with E-state index in [1.165, 1.54) is 5.56 Å². The van der Waals surface area contributed by atoms with Gasteiger partial charge in [-0.05, 0) is 23.0 Å². The van der Waals surface area contributed by atoms with Crippen LogP contribution in [0.1, 0.15) is 56.5 Å². The fraction of sp³-hybridized carbons (Fsp3) is 0.476. The van der Waals surface area contributed by atoms with Gasteiger partial charge in [0, 0.05) is 14.1 Å². The molecule has 2 N–H and O–H groups in total. The molecule has 0 saturated heterocycles. The molecule has 0 spiro atoms. The Bertz CT molecular complexity index is 1020. The molecule has 0 aliphatic rings. The smallest absolute Gasteiger partial charge is 0.263 e. The first-order valence-corrected chi connectivity index (χ1v) is 9.64. The molecule has 2 heterocycles. The number of aliphatic hydroxyl groups excluding tert-OH is 1. The van der Waals surface area contributed by atoms with Gasteiger partial charge in [-0.1, -0.05) is 52.0 Å². The molecule has 3 aromatic rings. The minimum atomic E-state index is -0.313. The SMILES string of the molecule is CC(C)c1ccc([C@H](C(C)C)n2nc(CO)c3c(=O)[nH]c(N(C)C)nc32)cc1. The number of anilines is 1. The van der Waals surface area contributed by atoms with Crippen molar-refractivity contribution in [3.63, 3.8) is 0 Å². The third kappa shape index (κ3) is 3.54. The second-order valence-corrected chi connectivity index (χ2v) is 8.04. The molecular formula is C21H29N5O2. The van der Waals surface area contributed by atoms with Crippen LogP contribution in [0.5, 0.6) is 0 Å². The van der Waals surface area contributed by atoms with Gasteiger partial charge in [-0.3, -0.25) is 9.78 Å². The second-order valence-electron chi connectivity index (χ2n) is 8.04. The van der Waals surface area contributed by atoms with E-state index in [2.05, 4.69) is 67.0 Å². The zero-order chi connectivity index (χ0) is 20.6. The third-order valence-corrected chi connectivity index (χ3v) is 5.03. The molecule has 1 atom stereocenters. The Balaban J connectivity index is 2.24. The summed E-state index contributed by atoms with van der Waals surface area (Å²) in [5, 5.41) is 14.7. The lowest BCUT2D eigenvalue weighted by molar-refractivity contribution is 0.274. The second kappa shape index (κ2) is 7.75. The van der Waals surface area contributed by atoms with Gasteiger partial charge >= 0.3 is 0 Å². The highest BCUT2D eigenvalue weighted by Crippen LogP contribution is 2.30. The summed E-state index contributed by atoms with van der Waals surface area (Å²) in [6.45, 7) is 8.26. The lowest BCUT2D eigenvalue weighted by Gasteiger charge is -2.23. The Hall–Kier alpha value is -2.67. The lowest BCUT2D eigenvalue weighted by Crippen LogP contribution is -2.22. The first-order valence-electron chi connectivity index (χ1n) is 9.64. The first kappa shape index (κ1) is 20.1. The van der Waals surface area contributed by atoms with E-state index in [9.17, 15) is 9.90 Å². The van der Waals surface area contributed by atoms with Gasteiger partial charge in [0.05, 0.1) is 12.6 Å². The zero-order valence-electron chi connectivity index (χ0n) is 17.4. The standard InChI is InChI=1S/C21H29N5O2/c1-12(2)14-7-9-15(10-8-14)18(13(3)4)26-19-17(16(11-27)24-26)20(28)23-21(22-19)25(5)6/h7-10,12-13,18,27H,11H2,1-6H3,(H,22,23,28)/t18-/m0/s1. The average molecular weight is 383 g/mol. The maximum atomic E-state index is 12.7. The molecule has 0 radical (unpaired) electrons. The molecule has 1 aromatic carbocycles. The number of nitrogens with one attached hydrogen (secondary N) is 1. The molecule has 0 bridgehead atoms. The maximum Gasteiger partial charge on any atom is 0.263 e. The highest BCUT2D eigenvalue weighted by atomic mass is 16.3. The van der Waals surface area contributed by atoms with Crippen molar-refractivity contribution in [3.05, 3.63) is 51.4 Å². The molecule has 0 aliphatic heterocycles. The minimum absolute atomic E-state index is 0.103. The number of hydrogen-bond acceptors (Lipinski definition) is 5. The van der Waals surface area contributed by atoms with Gasteiger partial charge in [0.25, 0.3) is 5.56 Å². The van der Waals surface area contributed by atoms with E-state index < -0.39 is 0 Å². The van der Waals surface area contributed by atoms with Crippen molar-refractivity contribution in [2.24, 2.45) is 5.92 Å². The topological polar surface area (TPSA) is 87.0 Å². The molecule has 0 aliphatic carbocycles. The molecule has 7 nitrogen and oxygen atoms in total. The van der Waals surface area contributed by atoms with E-state index in [1.807, 2.05) is 14.1 Å². The van der Waals surface area contributed by atoms with Crippen LogP contribution in [0.3, 0.4) is 0 Å². The van der Waals surface area contributed by atoms with Gasteiger partial charge in [0.2, 0.25) is 5.95 Å². The van der Waals surface area contributed by atoms with E-state index in [0.717, 1.165) is 5.56 Å². The average Bonchev–Trinajstić information content (AvgIpc) is 3.01. The van der Waals surface area contributed by atoms with Crippen LogP contribution in [0, 0.1) is 5.92 Å². The number of H-pyrrole nitrogens is 1. The number of aromatic nitrogens is 4. The van der Waals surface area contributed by atoms with Crippen LogP contribution in [0.25, 0.3) is 11.0 Å². The van der Waals surface area contributed by atoms with Gasteiger partial charge in [0.1, 0.15) is 11.1 Å². The molecule has 0 amide bonds. The van der Waals surface area contributed by atoms with Crippen LogP contribution in [-0.2, 0) is 6.61 Å². The highest BCUT2D eigenvalue weighted by Gasteiger charge is 2.25. The molecular weight excluding hydrogens is 354 g/mol. The Kier molecular flexibility index (Phi) is 5.56. The van der Waals surface area contributed by atoms with Crippen LogP contribution >= 0.6 is 0 Å². The van der Waals surface area contributed by atoms with E-state index in [1.54, 1.807) is 9.58 Å². The highest BCUT2D eigenvalue weighted by molar-refractivity contribution is 5.78. The van der Waals surface area contributed by atoms with Crippen molar-refractivity contribution in [1.29, 1.82) is 0 Å². The maximum absolute atomic E-state index is 12.7. The fourth-order valence-corrected chi connectivity index (χ4v) is 3.51. The van der Waals surface area contributed by atoms with Crippen molar-refractivity contribution in [2.75, 3.05) is 19.0 Å². The number of rotatable bonds is 6. The van der Waals surface area contributed by atoms with E-state index >= 15 is 0 Å². The van der Waals surface area contributed by atoms with Gasteiger partial charge < -0.3 is 10.0 Å². The molecule has 3 rings (SSSR count). The first-order chi connectivity index (χ1) is 13.2. The van der Waals surface area contributed by atoms with Crippen LogP contribution in [-0.4, -0.2) is 39.0 Å². The number of nitrogens with zero attached hydrogens (tertiary/aromatic N) is 4. The number of fused-ring (bicyclic) bond motifs is 1. The predicted molar refractivity (Wildman–Crippen MR) is 112 cm³/mol. The molecule has 2 aromatic heterocycles. The van der Waals surface area contributed by atoms with Crippen molar-refractivity contribution >= 4 is 17.0 Å². The van der Waals surface area contributed by atoms with Crippen molar-refractivity contribution < 1.29 is 5.11 Å². The Morgan fingerprint density at radius 1 is 1.11 bits per heavy atom. The van der Waals surface area contributed by atoms with E-state index in [-0.39, 0.29) is 24.1 Å². The summed E-state index contributed by atoms with van der Waals surface area (Å²) in [5.74, 6) is 1.13. The summed E-state index contributed by atoms with van der Waals surface area (Å²) in [6.07, 6.45) is 0. The van der Waals surface area contributed by atoms with Crippen molar-refractivity contribution in [1.82, 2.24) is 19.7 Å². The van der Waals surface area contributed by atoms with Crippen molar-refractivity contribution in [2.45, 2.75) is 46.3 Å². The van der Waals surface area contributed by atoms with E-state index in [4.69, 9.17) is 0 Å². The van der Waals surface area contributed by atoms with Crippen LogP contribution in [0.15, 0.2) is 29.1 Å². The summed E-state index contributed by atoms with van der Waals surface area (Å²) in [7, 11) is 3.64. The molecule has 28 heavy (non-hydrogen) atoms. The van der Waals surface area contributed by atoms with Crippen LogP contribution < -0.4 is 10.5 Å². The van der Waals surface area contributed by atoms with Crippen LogP contribution in [0.2, 0.25) is 0 Å². The number of aromatic amines is 1. The van der Waals surface area contributed by atoms with Gasteiger partial charge in [-0.15, -0.1) is 0 Å². The number of hydrogen-bond donors (Lipinski definition) is 2. The summed E-state index contributed by atoms with van der Waals surface area (Å²) < 4.78 is 1.79. The normalized spacial score (nSPS) is 12.9. The Morgan fingerprint density at radius 3 is 2.21 bits per heavy atom. The largest absolute Gasteiger partial charge is 0.390 e. The summed E-state index contributed by atoms with van der Waals surface area (Å²) >= 11 is 0. The zero-order valence-corrected chi connectivity index (χ0v) is 17.4. The number of benzene rings is 1. The summed E-state index contributed by atoms with van der Waals surface area (Å²) in [4.78, 5) is 21.8. The molecule has 150 valence electrons. The molecule has 0 unspecified atom stereocenters.